The van der Waals surface area contributed by atoms with E-state index in [0.717, 1.165) is 12.8 Å². The predicted molar refractivity (Wildman–Crippen MR) is 65.9 cm³/mol. The molecule has 0 fully saturated rings. The third kappa shape index (κ3) is 2.20. The first kappa shape index (κ1) is 10.2. The Labute approximate surface area is 92.3 Å². The highest BCUT2D eigenvalue weighted by molar-refractivity contribution is 5.30. The molecular formula is C15H18. The number of allylic oxidation sites excluding steroid dienone is 4. The van der Waals surface area contributed by atoms with Gasteiger partial charge in [-0.05, 0) is 30.7 Å². The van der Waals surface area contributed by atoms with Crippen LogP contribution in [0.5, 0.6) is 0 Å². The van der Waals surface area contributed by atoms with Crippen LogP contribution in [0.15, 0.2) is 54.1 Å². The van der Waals surface area contributed by atoms with Crippen molar-refractivity contribution in [1.29, 1.82) is 0 Å². The van der Waals surface area contributed by atoms with Crippen molar-refractivity contribution in [3.05, 3.63) is 59.7 Å². The van der Waals surface area contributed by atoms with E-state index in [-0.39, 0.29) is 5.41 Å². The molecule has 0 amide bonds. The highest BCUT2D eigenvalue weighted by Crippen LogP contribution is 2.35. The van der Waals surface area contributed by atoms with Gasteiger partial charge in [-0.1, -0.05) is 61.1 Å². The molecule has 0 aliphatic heterocycles. The van der Waals surface area contributed by atoms with Crippen LogP contribution in [0, 0.1) is 0 Å². The SMILES string of the molecule is CC1=CC=CCC(C)(c2ccccc2)C1. The highest BCUT2D eigenvalue weighted by atomic mass is 14.3. The van der Waals surface area contributed by atoms with E-state index in [4.69, 9.17) is 0 Å². The lowest BCUT2D eigenvalue weighted by atomic mass is 9.75. The summed E-state index contributed by atoms with van der Waals surface area (Å²) < 4.78 is 0. The lowest BCUT2D eigenvalue weighted by Gasteiger charge is -2.28. The summed E-state index contributed by atoms with van der Waals surface area (Å²) in [5.41, 5.74) is 3.19. The molecule has 78 valence electrons. The van der Waals surface area contributed by atoms with E-state index < -0.39 is 0 Å². The van der Waals surface area contributed by atoms with Gasteiger partial charge in [-0.15, -0.1) is 0 Å². The van der Waals surface area contributed by atoms with E-state index in [0.29, 0.717) is 0 Å². The molecule has 1 aliphatic rings. The van der Waals surface area contributed by atoms with Crippen molar-refractivity contribution in [3.8, 4) is 0 Å². The summed E-state index contributed by atoms with van der Waals surface area (Å²) >= 11 is 0. The van der Waals surface area contributed by atoms with E-state index in [1.165, 1.54) is 11.1 Å². The maximum absolute atomic E-state index is 2.36. The Balaban J connectivity index is 2.34. The third-order valence-corrected chi connectivity index (χ3v) is 3.22. The van der Waals surface area contributed by atoms with E-state index in [1.807, 2.05) is 0 Å². The van der Waals surface area contributed by atoms with Crippen LogP contribution in [-0.4, -0.2) is 0 Å². The minimum absolute atomic E-state index is 0.273. The zero-order valence-corrected chi connectivity index (χ0v) is 9.53. The molecule has 0 nitrogen and oxygen atoms in total. The molecule has 0 heterocycles. The fourth-order valence-corrected chi connectivity index (χ4v) is 2.37. The second-order valence-electron chi connectivity index (χ2n) is 4.75. The molecule has 15 heavy (non-hydrogen) atoms. The van der Waals surface area contributed by atoms with Crippen molar-refractivity contribution in [2.75, 3.05) is 0 Å². The fraction of sp³-hybridized carbons (Fsp3) is 0.333. The molecule has 0 saturated heterocycles. The number of hydrogen-bond acceptors (Lipinski definition) is 0. The standard InChI is InChI=1S/C15H18/c1-13-8-6-7-11-15(2,12-13)14-9-4-3-5-10-14/h3-10H,11-12H2,1-2H3. The molecule has 1 aromatic rings. The average molecular weight is 198 g/mol. The van der Waals surface area contributed by atoms with Gasteiger partial charge in [0.15, 0.2) is 0 Å². The monoisotopic (exact) mass is 198 g/mol. The maximum atomic E-state index is 2.36. The first-order chi connectivity index (χ1) is 7.21. The van der Waals surface area contributed by atoms with Gasteiger partial charge in [0.05, 0.1) is 0 Å². The summed E-state index contributed by atoms with van der Waals surface area (Å²) in [4.78, 5) is 0. The topological polar surface area (TPSA) is 0 Å². The molecule has 2 rings (SSSR count). The highest BCUT2D eigenvalue weighted by Gasteiger charge is 2.26. The lowest BCUT2D eigenvalue weighted by Crippen LogP contribution is -2.20. The molecule has 0 bridgehead atoms. The summed E-state index contributed by atoms with van der Waals surface area (Å²) in [6.45, 7) is 4.58. The van der Waals surface area contributed by atoms with Crippen LogP contribution in [0.3, 0.4) is 0 Å². The van der Waals surface area contributed by atoms with Crippen molar-refractivity contribution < 1.29 is 0 Å². The minimum Gasteiger partial charge on any atom is -0.0837 e. The van der Waals surface area contributed by atoms with Gasteiger partial charge in [-0.2, -0.15) is 0 Å². The lowest BCUT2D eigenvalue weighted by molar-refractivity contribution is 0.476. The van der Waals surface area contributed by atoms with Crippen molar-refractivity contribution >= 4 is 0 Å². The van der Waals surface area contributed by atoms with E-state index >= 15 is 0 Å². The van der Waals surface area contributed by atoms with Gasteiger partial charge in [0.25, 0.3) is 0 Å². The number of rotatable bonds is 1. The largest absolute Gasteiger partial charge is 0.0837 e. The summed E-state index contributed by atoms with van der Waals surface area (Å²) in [7, 11) is 0. The Bertz CT molecular complexity index is 384. The number of benzene rings is 1. The van der Waals surface area contributed by atoms with Gasteiger partial charge < -0.3 is 0 Å². The van der Waals surface area contributed by atoms with E-state index in [9.17, 15) is 0 Å². The van der Waals surface area contributed by atoms with E-state index in [2.05, 4.69) is 62.4 Å². The smallest absolute Gasteiger partial charge is 0.000362 e. The quantitative estimate of drug-likeness (QED) is 0.633. The minimum atomic E-state index is 0.273. The van der Waals surface area contributed by atoms with Gasteiger partial charge >= 0.3 is 0 Å². The Kier molecular flexibility index (Phi) is 2.77. The first-order valence-electron chi connectivity index (χ1n) is 5.58. The summed E-state index contributed by atoms with van der Waals surface area (Å²) in [6, 6.07) is 10.8. The zero-order chi connectivity index (χ0) is 10.7. The Morgan fingerprint density at radius 3 is 2.60 bits per heavy atom. The molecule has 0 spiro atoms. The molecule has 0 heteroatoms. The Hall–Kier alpha value is -1.30. The van der Waals surface area contributed by atoms with Crippen molar-refractivity contribution in [2.24, 2.45) is 0 Å². The normalized spacial score (nSPS) is 25.9. The van der Waals surface area contributed by atoms with Gasteiger partial charge in [0.1, 0.15) is 0 Å². The average Bonchev–Trinajstić information content (AvgIpc) is 2.42. The molecule has 0 radical (unpaired) electrons. The van der Waals surface area contributed by atoms with Crippen molar-refractivity contribution in [3.63, 3.8) is 0 Å². The molecule has 1 atom stereocenters. The molecule has 0 aromatic heterocycles. The van der Waals surface area contributed by atoms with Crippen LogP contribution < -0.4 is 0 Å². The van der Waals surface area contributed by atoms with Gasteiger partial charge in [0, 0.05) is 0 Å². The van der Waals surface area contributed by atoms with Gasteiger partial charge in [-0.25, -0.2) is 0 Å². The maximum Gasteiger partial charge on any atom is -0.000362 e. The third-order valence-electron chi connectivity index (χ3n) is 3.22. The molecular weight excluding hydrogens is 180 g/mol. The summed E-state index contributed by atoms with van der Waals surface area (Å²) in [5.74, 6) is 0. The first-order valence-corrected chi connectivity index (χ1v) is 5.58. The Morgan fingerprint density at radius 1 is 1.13 bits per heavy atom. The summed E-state index contributed by atoms with van der Waals surface area (Å²) in [5, 5.41) is 0. The predicted octanol–water partition coefficient (Wildman–Crippen LogP) is 4.24. The second-order valence-corrected chi connectivity index (χ2v) is 4.75. The number of hydrogen-bond donors (Lipinski definition) is 0. The molecule has 1 aliphatic carbocycles. The summed E-state index contributed by atoms with van der Waals surface area (Å²) in [6.07, 6.45) is 8.98. The zero-order valence-electron chi connectivity index (χ0n) is 9.53. The van der Waals surface area contributed by atoms with Gasteiger partial charge in [-0.3, -0.25) is 0 Å². The van der Waals surface area contributed by atoms with Crippen LogP contribution in [0.4, 0.5) is 0 Å². The molecule has 1 aromatic carbocycles. The van der Waals surface area contributed by atoms with Crippen LogP contribution in [-0.2, 0) is 5.41 Å². The van der Waals surface area contributed by atoms with Crippen LogP contribution >= 0.6 is 0 Å². The second kappa shape index (κ2) is 4.06. The van der Waals surface area contributed by atoms with Crippen LogP contribution in [0.25, 0.3) is 0 Å². The Morgan fingerprint density at radius 2 is 1.87 bits per heavy atom. The fourth-order valence-electron chi connectivity index (χ4n) is 2.37. The van der Waals surface area contributed by atoms with Gasteiger partial charge in [0.2, 0.25) is 0 Å². The molecule has 0 saturated carbocycles. The van der Waals surface area contributed by atoms with Crippen molar-refractivity contribution in [2.45, 2.75) is 32.1 Å². The van der Waals surface area contributed by atoms with E-state index in [1.54, 1.807) is 0 Å². The van der Waals surface area contributed by atoms with Crippen molar-refractivity contribution in [1.82, 2.24) is 0 Å². The molecule has 0 N–H and O–H groups in total. The van der Waals surface area contributed by atoms with Crippen LogP contribution in [0.1, 0.15) is 32.3 Å². The molecule has 1 unspecified atom stereocenters. The van der Waals surface area contributed by atoms with Crippen LogP contribution in [0.2, 0.25) is 0 Å².